The van der Waals surface area contributed by atoms with Crippen molar-refractivity contribution >= 4 is 39.1 Å². The van der Waals surface area contributed by atoms with Crippen molar-refractivity contribution in [2.45, 2.75) is 19.6 Å². The molecular formula is C18H15Cl2NO2S. The number of hydrogen-bond donors (Lipinski definition) is 0. The molecule has 0 aliphatic carbocycles. The van der Waals surface area contributed by atoms with Crippen LogP contribution < -0.4 is 0 Å². The average Bonchev–Trinajstić information content (AvgIpc) is 2.50. The van der Waals surface area contributed by atoms with Gasteiger partial charge in [-0.15, -0.1) is 0 Å². The van der Waals surface area contributed by atoms with Crippen molar-refractivity contribution < 1.29 is 8.42 Å². The van der Waals surface area contributed by atoms with E-state index >= 15 is 0 Å². The minimum atomic E-state index is -3.82. The van der Waals surface area contributed by atoms with E-state index in [0.29, 0.717) is 16.1 Å². The van der Waals surface area contributed by atoms with Crippen LogP contribution in [0.15, 0.2) is 41.3 Å². The van der Waals surface area contributed by atoms with Gasteiger partial charge in [-0.05, 0) is 48.7 Å². The average molecular weight is 380 g/mol. The zero-order valence-corrected chi connectivity index (χ0v) is 15.5. The fourth-order valence-electron chi connectivity index (χ4n) is 2.17. The zero-order chi connectivity index (χ0) is 17.9. The molecule has 0 aliphatic heterocycles. The first-order valence-corrected chi connectivity index (χ1v) is 9.49. The quantitative estimate of drug-likeness (QED) is 0.695. The highest BCUT2D eigenvalue weighted by atomic mass is 35.5. The van der Waals surface area contributed by atoms with Crippen molar-refractivity contribution in [3.63, 3.8) is 0 Å². The van der Waals surface area contributed by atoms with Gasteiger partial charge in [0.2, 0.25) is 0 Å². The summed E-state index contributed by atoms with van der Waals surface area (Å²) in [5.41, 5.74) is 3.00. The second-order valence-electron chi connectivity index (χ2n) is 5.48. The van der Waals surface area contributed by atoms with Crippen LogP contribution in [-0.2, 0) is 15.6 Å². The van der Waals surface area contributed by atoms with E-state index in [1.54, 1.807) is 18.2 Å². The van der Waals surface area contributed by atoms with Gasteiger partial charge in [0, 0.05) is 10.0 Å². The van der Waals surface area contributed by atoms with Gasteiger partial charge >= 0.3 is 0 Å². The Hall–Kier alpha value is -1.80. The van der Waals surface area contributed by atoms with Crippen molar-refractivity contribution in [1.82, 2.24) is 0 Å². The molecule has 0 fully saturated rings. The van der Waals surface area contributed by atoms with Gasteiger partial charge in [0.15, 0.2) is 9.84 Å². The maximum absolute atomic E-state index is 12.6. The molecular weight excluding hydrogens is 365 g/mol. The molecule has 2 aromatic carbocycles. The Kier molecular flexibility index (Phi) is 5.71. The fraction of sp³-hybridized carbons (Fsp3) is 0.167. The predicted molar refractivity (Wildman–Crippen MR) is 98.6 cm³/mol. The van der Waals surface area contributed by atoms with E-state index in [4.69, 9.17) is 23.2 Å². The molecule has 0 unspecified atom stereocenters. The van der Waals surface area contributed by atoms with Gasteiger partial charge in [0.05, 0.1) is 5.75 Å². The first-order valence-electron chi connectivity index (χ1n) is 7.08. The standard InChI is InChI=1S/C18H15Cl2NO2S/c1-12-3-4-13(2)15(7-12)8-17(10-21)24(22,23)11-14-5-6-16(19)9-18(14)20/h3-9H,11H2,1-2H3/b17-8-. The molecule has 0 heterocycles. The highest BCUT2D eigenvalue weighted by molar-refractivity contribution is 7.95. The van der Waals surface area contributed by atoms with Gasteiger partial charge < -0.3 is 0 Å². The predicted octanol–water partition coefficient (Wildman–Crippen LogP) is 5.09. The summed E-state index contributed by atoms with van der Waals surface area (Å²) in [7, 11) is -3.82. The molecule has 0 spiro atoms. The zero-order valence-electron chi connectivity index (χ0n) is 13.2. The second kappa shape index (κ2) is 7.40. The Labute approximate surface area is 152 Å². The summed E-state index contributed by atoms with van der Waals surface area (Å²) >= 11 is 11.9. The van der Waals surface area contributed by atoms with Crippen molar-refractivity contribution in [3.8, 4) is 6.07 Å². The van der Waals surface area contributed by atoms with Gasteiger partial charge in [-0.2, -0.15) is 5.26 Å². The Morgan fingerprint density at radius 1 is 1.17 bits per heavy atom. The molecule has 0 saturated carbocycles. The maximum Gasteiger partial charge on any atom is 0.192 e. The SMILES string of the molecule is Cc1ccc(C)c(/C=C(/C#N)S(=O)(=O)Cc2ccc(Cl)cc2Cl)c1. The number of rotatable bonds is 4. The number of allylic oxidation sites excluding steroid dienone is 1. The summed E-state index contributed by atoms with van der Waals surface area (Å²) in [5, 5.41) is 10.0. The molecule has 0 atom stereocenters. The summed E-state index contributed by atoms with van der Waals surface area (Å²) < 4.78 is 25.2. The minimum absolute atomic E-state index is 0.259. The molecule has 0 amide bonds. The van der Waals surface area contributed by atoms with Crippen LogP contribution in [0.3, 0.4) is 0 Å². The molecule has 3 nitrogen and oxygen atoms in total. The van der Waals surface area contributed by atoms with E-state index in [0.717, 1.165) is 11.1 Å². The lowest BCUT2D eigenvalue weighted by molar-refractivity contribution is 0.602. The van der Waals surface area contributed by atoms with Gasteiger partial charge in [-0.25, -0.2) is 8.42 Å². The summed E-state index contributed by atoms with van der Waals surface area (Å²) in [4.78, 5) is -0.290. The highest BCUT2D eigenvalue weighted by Gasteiger charge is 2.20. The van der Waals surface area contributed by atoms with Crippen LogP contribution in [0.4, 0.5) is 0 Å². The van der Waals surface area contributed by atoms with Crippen LogP contribution in [0.1, 0.15) is 22.3 Å². The molecule has 0 saturated heterocycles. The number of aryl methyl sites for hydroxylation is 2. The molecule has 124 valence electrons. The van der Waals surface area contributed by atoms with Gasteiger partial charge in [0.1, 0.15) is 11.0 Å². The number of hydrogen-bond acceptors (Lipinski definition) is 3. The molecule has 0 aliphatic rings. The Morgan fingerprint density at radius 2 is 1.88 bits per heavy atom. The van der Waals surface area contributed by atoms with Gasteiger partial charge in [-0.3, -0.25) is 0 Å². The number of nitrogens with zero attached hydrogens (tertiary/aromatic N) is 1. The van der Waals surface area contributed by atoms with Gasteiger partial charge in [0.25, 0.3) is 0 Å². The molecule has 6 heteroatoms. The Balaban J connectivity index is 2.43. The Bertz CT molecular complexity index is 957. The third kappa shape index (κ3) is 4.39. The van der Waals surface area contributed by atoms with E-state index in [9.17, 15) is 13.7 Å². The summed E-state index contributed by atoms with van der Waals surface area (Å²) in [5.74, 6) is -0.354. The number of halogens is 2. The van der Waals surface area contributed by atoms with E-state index in [1.165, 1.54) is 12.1 Å². The van der Waals surface area contributed by atoms with E-state index in [2.05, 4.69) is 0 Å². The van der Waals surface area contributed by atoms with Crippen LogP contribution >= 0.6 is 23.2 Å². The number of benzene rings is 2. The first kappa shape index (κ1) is 18.5. The monoisotopic (exact) mass is 379 g/mol. The molecule has 2 aromatic rings. The van der Waals surface area contributed by atoms with Crippen molar-refractivity contribution in [3.05, 3.63) is 73.6 Å². The van der Waals surface area contributed by atoms with Crippen LogP contribution in [0, 0.1) is 25.2 Å². The Morgan fingerprint density at radius 3 is 2.50 bits per heavy atom. The molecule has 0 aromatic heterocycles. The van der Waals surface area contributed by atoms with Crippen LogP contribution in [0.5, 0.6) is 0 Å². The van der Waals surface area contributed by atoms with Crippen LogP contribution in [0.2, 0.25) is 10.0 Å². The number of sulfone groups is 1. The smallest absolute Gasteiger partial charge is 0.192 e. The third-order valence-corrected chi connectivity index (χ3v) is 5.68. The normalized spacial score (nSPS) is 12.0. The summed E-state index contributed by atoms with van der Waals surface area (Å²) in [6, 6.07) is 12.1. The second-order valence-corrected chi connectivity index (χ2v) is 8.28. The van der Waals surface area contributed by atoms with Crippen molar-refractivity contribution in [1.29, 1.82) is 5.26 Å². The number of nitriles is 1. The van der Waals surface area contributed by atoms with Crippen molar-refractivity contribution in [2.24, 2.45) is 0 Å². The van der Waals surface area contributed by atoms with Crippen molar-refractivity contribution in [2.75, 3.05) is 0 Å². The lowest BCUT2D eigenvalue weighted by atomic mass is 10.1. The molecule has 0 bridgehead atoms. The molecule has 24 heavy (non-hydrogen) atoms. The molecule has 0 N–H and O–H groups in total. The van der Waals surface area contributed by atoms with Crippen LogP contribution in [0.25, 0.3) is 6.08 Å². The van der Waals surface area contributed by atoms with Gasteiger partial charge in [-0.1, -0.05) is 53.0 Å². The van der Waals surface area contributed by atoms with Crippen LogP contribution in [-0.4, -0.2) is 8.42 Å². The summed E-state index contributed by atoms with van der Waals surface area (Å²) in [6.45, 7) is 3.77. The lowest BCUT2D eigenvalue weighted by Crippen LogP contribution is -2.07. The molecule has 0 radical (unpaired) electrons. The van der Waals surface area contributed by atoms with E-state index in [1.807, 2.05) is 32.0 Å². The third-order valence-electron chi connectivity index (χ3n) is 3.53. The van der Waals surface area contributed by atoms with E-state index < -0.39 is 9.84 Å². The van der Waals surface area contributed by atoms with E-state index in [-0.39, 0.29) is 15.7 Å². The lowest BCUT2D eigenvalue weighted by Gasteiger charge is -2.07. The largest absolute Gasteiger partial charge is 0.223 e. The summed E-state index contributed by atoms with van der Waals surface area (Å²) in [6.07, 6.45) is 1.40. The first-order chi connectivity index (χ1) is 11.2. The molecule has 2 rings (SSSR count). The topological polar surface area (TPSA) is 57.9 Å². The fourth-order valence-corrected chi connectivity index (χ4v) is 3.99. The highest BCUT2D eigenvalue weighted by Crippen LogP contribution is 2.26. The minimum Gasteiger partial charge on any atom is -0.223 e. The maximum atomic E-state index is 12.6.